The fourth-order valence-corrected chi connectivity index (χ4v) is 2.12. The largest absolute Gasteiger partial charge is 0.489 e. The maximum Gasteiger partial charge on any atom is 0.132 e. The quantitative estimate of drug-likeness (QED) is 0.881. The van der Waals surface area contributed by atoms with Gasteiger partial charge in [-0.3, -0.25) is 0 Å². The lowest BCUT2D eigenvalue weighted by atomic mass is 10.1. The van der Waals surface area contributed by atoms with Crippen molar-refractivity contribution in [2.24, 2.45) is 0 Å². The predicted molar refractivity (Wildman–Crippen MR) is 77.8 cm³/mol. The van der Waals surface area contributed by atoms with Crippen LogP contribution < -0.4 is 4.74 Å². The summed E-state index contributed by atoms with van der Waals surface area (Å²) in [4.78, 5) is 0. The highest BCUT2D eigenvalue weighted by atomic mass is 35.5. The van der Waals surface area contributed by atoms with Crippen molar-refractivity contribution in [1.29, 1.82) is 0 Å². The lowest BCUT2D eigenvalue weighted by Crippen LogP contribution is -1.99. The third-order valence-electron chi connectivity index (χ3n) is 2.82. The van der Waals surface area contributed by atoms with Gasteiger partial charge in [-0.1, -0.05) is 23.2 Å². The Morgan fingerprint density at radius 3 is 2.60 bits per heavy atom. The van der Waals surface area contributed by atoms with Crippen LogP contribution in [0.2, 0.25) is 10.0 Å². The highest BCUT2D eigenvalue weighted by molar-refractivity contribution is 6.33. The molecule has 5 heteroatoms. The Kier molecular flexibility index (Phi) is 4.86. The third kappa shape index (κ3) is 3.63. The molecule has 0 spiro atoms. The summed E-state index contributed by atoms with van der Waals surface area (Å²) in [5.74, 6) is -0.141. The van der Waals surface area contributed by atoms with E-state index in [0.29, 0.717) is 15.8 Å². The van der Waals surface area contributed by atoms with E-state index in [2.05, 4.69) is 0 Å². The van der Waals surface area contributed by atoms with Crippen LogP contribution in [0.15, 0.2) is 36.4 Å². The van der Waals surface area contributed by atoms with Gasteiger partial charge >= 0.3 is 0 Å². The molecule has 0 saturated carbocycles. The summed E-state index contributed by atoms with van der Waals surface area (Å²) in [5, 5.41) is 10.5. The molecule has 20 heavy (non-hydrogen) atoms. The summed E-state index contributed by atoms with van der Waals surface area (Å²) in [6, 6.07) is 9.40. The van der Waals surface area contributed by atoms with Gasteiger partial charge in [0.25, 0.3) is 0 Å². The minimum Gasteiger partial charge on any atom is -0.489 e. The molecule has 2 aromatic carbocycles. The Balaban J connectivity index is 2.11. The first-order chi connectivity index (χ1) is 9.47. The summed E-state index contributed by atoms with van der Waals surface area (Å²) in [6.07, 6.45) is -0.855. The van der Waals surface area contributed by atoms with E-state index in [0.717, 1.165) is 5.56 Å². The summed E-state index contributed by atoms with van der Waals surface area (Å²) in [5.41, 5.74) is 0.956. The molecular formula is C15H13Cl2FO2. The van der Waals surface area contributed by atoms with E-state index >= 15 is 0 Å². The average molecular weight is 315 g/mol. The van der Waals surface area contributed by atoms with Crippen LogP contribution in [0.4, 0.5) is 4.39 Å². The molecule has 0 aliphatic carbocycles. The number of ether oxygens (including phenoxy) is 1. The van der Waals surface area contributed by atoms with Crippen LogP contribution in [-0.2, 0) is 6.61 Å². The number of benzene rings is 2. The van der Waals surface area contributed by atoms with Crippen LogP contribution in [-0.4, -0.2) is 5.11 Å². The maximum absolute atomic E-state index is 13.7. The minimum atomic E-state index is -0.855. The lowest BCUT2D eigenvalue weighted by molar-refractivity contribution is 0.194. The summed E-state index contributed by atoms with van der Waals surface area (Å²) in [7, 11) is 0. The SMILES string of the molecule is C[C@H](O)c1ccc(OCc2cc(Cl)ccc2Cl)cc1F. The van der Waals surface area contributed by atoms with E-state index in [1.165, 1.54) is 19.1 Å². The number of aliphatic hydroxyl groups excluding tert-OH is 1. The van der Waals surface area contributed by atoms with Crippen LogP contribution >= 0.6 is 23.2 Å². The smallest absolute Gasteiger partial charge is 0.132 e. The molecule has 2 nitrogen and oxygen atoms in total. The van der Waals surface area contributed by atoms with Crippen molar-refractivity contribution in [1.82, 2.24) is 0 Å². The normalized spacial score (nSPS) is 12.2. The minimum absolute atomic E-state index is 0.187. The second kappa shape index (κ2) is 6.44. The molecule has 0 saturated heterocycles. The van der Waals surface area contributed by atoms with E-state index in [1.54, 1.807) is 24.3 Å². The third-order valence-corrected chi connectivity index (χ3v) is 3.43. The predicted octanol–water partition coefficient (Wildman–Crippen LogP) is 4.76. The summed E-state index contributed by atoms with van der Waals surface area (Å²) >= 11 is 11.9. The summed E-state index contributed by atoms with van der Waals surface area (Å²) < 4.78 is 19.2. The molecule has 0 heterocycles. The summed E-state index contributed by atoms with van der Waals surface area (Å²) in [6.45, 7) is 1.69. The van der Waals surface area contributed by atoms with Crippen molar-refractivity contribution < 1.29 is 14.2 Å². The number of hydrogen-bond acceptors (Lipinski definition) is 2. The van der Waals surface area contributed by atoms with Gasteiger partial charge in [-0.25, -0.2) is 4.39 Å². The Morgan fingerprint density at radius 2 is 1.95 bits per heavy atom. The number of halogens is 3. The first-order valence-electron chi connectivity index (χ1n) is 6.01. The van der Waals surface area contributed by atoms with Crippen molar-refractivity contribution in [2.45, 2.75) is 19.6 Å². The van der Waals surface area contributed by atoms with Crippen LogP contribution in [0.3, 0.4) is 0 Å². The van der Waals surface area contributed by atoms with Gasteiger partial charge in [-0.05, 0) is 37.3 Å². The fraction of sp³-hybridized carbons (Fsp3) is 0.200. The van der Waals surface area contributed by atoms with E-state index < -0.39 is 11.9 Å². The molecule has 1 atom stereocenters. The zero-order valence-electron chi connectivity index (χ0n) is 10.7. The van der Waals surface area contributed by atoms with E-state index in [1.807, 2.05) is 0 Å². The molecule has 0 fully saturated rings. The molecule has 2 aromatic rings. The number of aliphatic hydroxyl groups is 1. The van der Waals surface area contributed by atoms with Gasteiger partial charge in [-0.2, -0.15) is 0 Å². The van der Waals surface area contributed by atoms with Crippen molar-refractivity contribution in [2.75, 3.05) is 0 Å². The first kappa shape index (κ1) is 15.1. The number of rotatable bonds is 4. The van der Waals surface area contributed by atoms with Gasteiger partial charge in [0.2, 0.25) is 0 Å². The first-order valence-corrected chi connectivity index (χ1v) is 6.77. The van der Waals surface area contributed by atoms with Gasteiger partial charge in [0.05, 0.1) is 6.10 Å². The molecule has 0 aliphatic rings. The monoisotopic (exact) mass is 314 g/mol. The topological polar surface area (TPSA) is 29.5 Å². The molecule has 0 amide bonds. The van der Waals surface area contributed by atoms with Gasteiger partial charge < -0.3 is 9.84 Å². The van der Waals surface area contributed by atoms with E-state index in [-0.39, 0.29) is 12.2 Å². The second-order valence-corrected chi connectivity index (χ2v) is 5.23. The van der Waals surface area contributed by atoms with Crippen molar-refractivity contribution >= 4 is 23.2 Å². The van der Waals surface area contributed by atoms with Crippen molar-refractivity contribution in [3.63, 3.8) is 0 Å². The fourth-order valence-electron chi connectivity index (χ4n) is 1.75. The van der Waals surface area contributed by atoms with Crippen molar-refractivity contribution in [3.8, 4) is 5.75 Å². The Hall–Kier alpha value is -1.29. The molecule has 0 bridgehead atoms. The Morgan fingerprint density at radius 1 is 1.20 bits per heavy atom. The van der Waals surface area contributed by atoms with Crippen LogP contribution in [0.5, 0.6) is 5.75 Å². The molecule has 0 aliphatic heterocycles. The molecule has 2 rings (SSSR count). The molecule has 0 radical (unpaired) electrons. The van der Waals surface area contributed by atoms with E-state index in [4.69, 9.17) is 27.9 Å². The molecule has 1 N–H and O–H groups in total. The van der Waals surface area contributed by atoms with Crippen molar-refractivity contribution in [3.05, 3.63) is 63.4 Å². The highest BCUT2D eigenvalue weighted by Crippen LogP contribution is 2.25. The van der Waals surface area contributed by atoms with Gasteiger partial charge in [0, 0.05) is 27.2 Å². The molecule has 0 unspecified atom stereocenters. The van der Waals surface area contributed by atoms with E-state index in [9.17, 15) is 9.50 Å². The molecule has 0 aromatic heterocycles. The van der Waals surface area contributed by atoms with Crippen LogP contribution in [0.1, 0.15) is 24.2 Å². The molecule has 106 valence electrons. The van der Waals surface area contributed by atoms with Gasteiger partial charge in [0.1, 0.15) is 18.2 Å². The van der Waals surface area contributed by atoms with Crippen LogP contribution in [0, 0.1) is 5.82 Å². The number of hydrogen-bond donors (Lipinski definition) is 1. The second-order valence-electron chi connectivity index (χ2n) is 4.38. The average Bonchev–Trinajstić information content (AvgIpc) is 2.39. The zero-order chi connectivity index (χ0) is 14.7. The van der Waals surface area contributed by atoms with Gasteiger partial charge in [-0.15, -0.1) is 0 Å². The Bertz CT molecular complexity index is 615. The molecular weight excluding hydrogens is 302 g/mol. The Labute approximate surface area is 126 Å². The van der Waals surface area contributed by atoms with Crippen LogP contribution in [0.25, 0.3) is 0 Å². The highest BCUT2D eigenvalue weighted by Gasteiger charge is 2.09. The standard InChI is InChI=1S/C15H13Cl2FO2/c1-9(19)13-4-3-12(7-15(13)18)20-8-10-6-11(16)2-5-14(10)17/h2-7,9,19H,8H2,1H3/t9-/m0/s1. The van der Waals surface area contributed by atoms with Gasteiger partial charge in [0.15, 0.2) is 0 Å². The zero-order valence-corrected chi connectivity index (χ0v) is 12.2. The maximum atomic E-state index is 13.7. The lowest BCUT2D eigenvalue weighted by Gasteiger charge is -2.11.